The molecule has 1 saturated heterocycles. The fourth-order valence-corrected chi connectivity index (χ4v) is 4.10. The van der Waals surface area contributed by atoms with E-state index in [1.54, 1.807) is 11.3 Å². The number of rotatable bonds is 4. The van der Waals surface area contributed by atoms with Crippen molar-refractivity contribution in [3.05, 3.63) is 34.8 Å². The van der Waals surface area contributed by atoms with Gasteiger partial charge in [0.1, 0.15) is 16.4 Å². The molecule has 6 nitrogen and oxygen atoms in total. The van der Waals surface area contributed by atoms with Gasteiger partial charge in [0.25, 0.3) is 0 Å². The lowest BCUT2D eigenvalue weighted by molar-refractivity contribution is 0.496. The highest BCUT2D eigenvalue weighted by atomic mass is 32.1. The Labute approximate surface area is 167 Å². The van der Waals surface area contributed by atoms with Crippen molar-refractivity contribution < 1.29 is 0 Å². The number of thiazole rings is 2. The van der Waals surface area contributed by atoms with Gasteiger partial charge in [-0.05, 0) is 44.3 Å². The van der Waals surface area contributed by atoms with Crippen LogP contribution in [0.4, 0.5) is 5.13 Å². The molecule has 3 aromatic heterocycles. The van der Waals surface area contributed by atoms with Crippen molar-refractivity contribution in [2.75, 3.05) is 19.8 Å². The molecule has 0 amide bonds. The van der Waals surface area contributed by atoms with Gasteiger partial charge in [0.2, 0.25) is 5.13 Å². The van der Waals surface area contributed by atoms with Crippen molar-refractivity contribution in [2.45, 2.75) is 26.2 Å². The Kier molecular flexibility index (Phi) is 7.17. The third-order valence-corrected chi connectivity index (χ3v) is 5.61. The zero-order chi connectivity index (χ0) is 19.1. The van der Waals surface area contributed by atoms with Crippen LogP contribution in [0.3, 0.4) is 0 Å². The van der Waals surface area contributed by atoms with Crippen LogP contribution in [0, 0.1) is 0 Å². The SMILES string of the molecule is C1CNCNC1.C=Nc1nc(-c2csc(-c3cccnc3C(C)C)n2)cs1. The summed E-state index contributed by atoms with van der Waals surface area (Å²) in [5.41, 5.74) is 3.89. The third-order valence-electron chi connectivity index (χ3n) is 3.97. The van der Waals surface area contributed by atoms with E-state index in [2.05, 4.69) is 52.2 Å². The summed E-state index contributed by atoms with van der Waals surface area (Å²) in [5, 5.41) is 12.0. The van der Waals surface area contributed by atoms with Gasteiger partial charge in [-0.25, -0.2) is 15.0 Å². The van der Waals surface area contributed by atoms with E-state index >= 15 is 0 Å². The molecule has 0 atom stereocenters. The highest BCUT2D eigenvalue weighted by Gasteiger charge is 2.14. The second-order valence-electron chi connectivity index (χ2n) is 6.33. The van der Waals surface area contributed by atoms with Crippen LogP contribution in [0.2, 0.25) is 0 Å². The van der Waals surface area contributed by atoms with Crippen molar-refractivity contribution in [3.8, 4) is 22.0 Å². The number of nitrogens with one attached hydrogen (secondary N) is 2. The van der Waals surface area contributed by atoms with Crippen molar-refractivity contribution in [1.29, 1.82) is 0 Å². The summed E-state index contributed by atoms with van der Waals surface area (Å²) < 4.78 is 0. The lowest BCUT2D eigenvalue weighted by Crippen LogP contribution is -2.37. The number of hydrogen-bond acceptors (Lipinski definition) is 8. The molecule has 0 radical (unpaired) electrons. The van der Waals surface area contributed by atoms with Crippen molar-refractivity contribution in [1.82, 2.24) is 25.6 Å². The average Bonchev–Trinajstić information content (AvgIpc) is 3.39. The molecule has 8 heteroatoms. The molecule has 0 saturated carbocycles. The van der Waals surface area contributed by atoms with Crippen molar-refractivity contribution >= 4 is 34.5 Å². The van der Waals surface area contributed by atoms with Crippen LogP contribution in [0.5, 0.6) is 0 Å². The van der Waals surface area contributed by atoms with Crippen LogP contribution in [-0.2, 0) is 0 Å². The van der Waals surface area contributed by atoms with Crippen LogP contribution in [0.15, 0.2) is 34.1 Å². The molecule has 142 valence electrons. The van der Waals surface area contributed by atoms with Gasteiger partial charge in [-0.3, -0.25) is 4.98 Å². The number of hydrogen-bond donors (Lipinski definition) is 2. The molecule has 2 N–H and O–H groups in total. The Bertz CT molecular complexity index is 855. The molecule has 4 rings (SSSR count). The summed E-state index contributed by atoms with van der Waals surface area (Å²) in [6.07, 6.45) is 3.11. The maximum Gasteiger partial charge on any atom is 0.209 e. The average molecular weight is 401 g/mol. The van der Waals surface area contributed by atoms with E-state index in [-0.39, 0.29) is 0 Å². The molecule has 0 unspecified atom stereocenters. The Hall–Kier alpha value is -2.00. The Morgan fingerprint density at radius 2 is 1.85 bits per heavy atom. The molecule has 3 aromatic rings. The van der Waals surface area contributed by atoms with Crippen LogP contribution < -0.4 is 10.6 Å². The Morgan fingerprint density at radius 1 is 1.11 bits per heavy atom. The molecule has 4 heterocycles. The first-order valence-corrected chi connectivity index (χ1v) is 10.7. The summed E-state index contributed by atoms with van der Waals surface area (Å²) in [7, 11) is 0. The molecule has 1 aliphatic rings. The highest BCUT2D eigenvalue weighted by Crippen LogP contribution is 2.33. The Morgan fingerprint density at radius 3 is 2.44 bits per heavy atom. The summed E-state index contributed by atoms with van der Waals surface area (Å²) in [6, 6.07) is 4.02. The van der Waals surface area contributed by atoms with Gasteiger partial charge in [-0.2, -0.15) is 0 Å². The van der Waals surface area contributed by atoms with E-state index in [4.69, 9.17) is 4.98 Å². The fourth-order valence-electron chi connectivity index (χ4n) is 2.63. The number of aliphatic imine (C=N–C) groups is 1. The minimum Gasteiger partial charge on any atom is -0.304 e. The standard InChI is InChI=1S/C15H14N4S2.C4H10N2/c1-9(2)13-10(5-4-6-17-13)14-18-11(7-20-14)12-8-21-15(16-3)19-12;1-2-5-4-6-3-1/h4-9H,3H2,1-2H3;5-6H,1-4H2. The molecule has 0 aliphatic carbocycles. The molecule has 1 aliphatic heterocycles. The highest BCUT2D eigenvalue weighted by molar-refractivity contribution is 7.14. The maximum atomic E-state index is 4.70. The monoisotopic (exact) mass is 400 g/mol. The van der Waals surface area contributed by atoms with Crippen LogP contribution in [0.25, 0.3) is 22.0 Å². The largest absolute Gasteiger partial charge is 0.304 e. The zero-order valence-electron chi connectivity index (χ0n) is 15.6. The van der Waals surface area contributed by atoms with Crippen LogP contribution >= 0.6 is 22.7 Å². The first-order valence-electron chi connectivity index (χ1n) is 8.94. The Balaban J connectivity index is 0.000000299. The zero-order valence-corrected chi connectivity index (χ0v) is 17.2. The molecule has 0 bridgehead atoms. The third kappa shape index (κ3) is 5.26. The topological polar surface area (TPSA) is 75.1 Å². The molecule has 27 heavy (non-hydrogen) atoms. The second-order valence-corrected chi connectivity index (χ2v) is 8.03. The van der Waals surface area contributed by atoms with Gasteiger partial charge in [0.05, 0.1) is 5.69 Å². The molecule has 1 fully saturated rings. The van der Waals surface area contributed by atoms with Crippen LogP contribution in [0.1, 0.15) is 31.9 Å². The summed E-state index contributed by atoms with van der Waals surface area (Å²) >= 11 is 3.08. The normalized spacial score (nSPS) is 13.9. The summed E-state index contributed by atoms with van der Waals surface area (Å²) in [5.74, 6) is 0.365. The smallest absolute Gasteiger partial charge is 0.209 e. The van der Waals surface area contributed by atoms with Gasteiger partial charge in [-0.15, -0.1) is 22.7 Å². The lowest BCUT2D eigenvalue weighted by atomic mass is 10.0. The van der Waals surface area contributed by atoms with E-state index in [9.17, 15) is 0 Å². The second kappa shape index (κ2) is 9.80. The lowest BCUT2D eigenvalue weighted by Gasteiger charge is -2.11. The minimum atomic E-state index is 0.365. The fraction of sp³-hybridized carbons (Fsp3) is 0.368. The van der Waals surface area contributed by atoms with Gasteiger partial charge in [-0.1, -0.05) is 13.8 Å². The first-order chi connectivity index (χ1) is 13.2. The van der Waals surface area contributed by atoms with E-state index in [1.165, 1.54) is 30.8 Å². The molecular weight excluding hydrogens is 376 g/mol. The number of nitrogens with zero attached hydrogens (tertiary/aromatic N) is 4. The van der Waals surface area contributed by atoms with Gasteiger partial charge in [0.15, 0.2) is 0 Å². The van der Waals surface area contributed by atoms with Gasteiger partial charge < -0.3 is 10.6 Å². The van der Waals surface area contributed by atoms with Crippen molar-refractivity contribution in [3.63, 3.8) is 0 Å². The molecular formula is C19H24N6S2. The van der Waals surface area contributed by atoms with Gasteiger partial charge >= 0.3 is 0 Å². The molecule has 0 aromatic carbocycles. The van der Waals surface area contributed by atoms with E-state index in [0.717, 1.165) is 34.3 Å². The summed E-state index contributed by atoms with van der Waals surface area (Å²) in [6.45, 7) is 11.2. The maximum absolute atomic E-state index is 4.70. The van der Waals surface area contributed by atoms with E-state index < -0.39 is 0 Å². The van der Waals surface area contributed by atoms with E-state index in [0.29, 0.717) is 11.0 Å². The van der Waals surface area contributed by atoms with Gasteiger partial charge in [0, 0.05) is 29.2 Å². The van der Waals surface area contributed by atoms with E-state index in [1.807, 2.05) is 23.0 Å². The predicted molar refractivity (Wildman–Crippen MR) is 115 cm³/mol. The number of aromatic nitrogens is 3. The first kappa shape index (κ1) is 19.8. The predicted octanol–water partition coefficient (Wildman–Crippen LogP) is 4.31. The van der Waals surface area contributed by atoms with Crippen molar-refractivity contribution in [2.24, 2.45) is 4.99 Å². The minimum absolute atomic E-state index is 0.365. The molecule has 0 spiro atoms. The van der Waals surface area contributed by atoms with Crippen LogP contribution in [-0.4, -0.2) is 41.4 Å². The quantitative estimate of drug-likeness (QED) is 0.638. The summed E-state index contributed by atoms with van der Waals surface area (Å²) in [4.78, 5) is 17.4. The number of pyridine rings is 1.